The molecule has 1 aliphatic rings. The third-order valence-corrected chi connectivity index (χ3v) is 3.31. The van der Waals surface area contributed by atoms with Gasteiger partial charge in [-0.05, 0) is 29.5 Å². The molecule has 0 fully saturated rings. The number of rotatable bonds is 1. The zero-order chi connectivity index (χ0) is 10.1. The van der Waals surface area contributed by atoms with Crippen molar-refractivity contribution in [2.75, 3.05) is 6.26 Å². The first-order chi connectivity index (χ1) is 6.70. The molecule has 2 rings (SSSR count). The van der Waals surface area contributed by atoms with Gasteiger partial charge in [-0.2, -0.15) is 0 Å². The van der Waals surface area contributed by atoms with E-state index in [9.17, 15) is 4.79 Å². The van der Waals surface area contributed by atoms with Crippen LogP contribution in [0.3, 0.4) is 0 Å². The number of nitrogens with zero attached hydrogens (tertiary/aromatic N) is 1. The molecule has 0 unspecified atom stereocenters. The molecule has 1 aromatic rings. The van der Waals surface area contributed by atoms with Gasteiger partial charge < -0.3 is 4.90 Å². The fourth-order valence-corrected chi connectivity index (χ4v) is 2.18. The standard InChI is InChI=1S/C11H13NOS/c1-8(13)12-6-9-3-4-11(14-2)5-10(9)7-12/h3-5H,6-7H2,1-2H3. The summed E-state index contributed by atoms with van der Waals surface area (Å²) in [5, 5.41) is 0. The van der Waals surface area contributed by atoms with Gasteiger partial charge in [-0.15, -0.1) is 11.8 Å². The van der Waals surface area contributed by atoms with Gasteiger partial charge in [0.2, 0.25) is 5.91 Å². The third kappa shape index (κ3) is 1.64. The van der Waals surface area contributed by atoms with Crippen molar-refractivity contribution in [3.63, 3.8) is 0 Å². The lowest BCUT2D eigenvalue weighted by atomic mass is 10.1. The Balaban J connectivity index is 2.27. The molecular formula is C11H13NOS. The minimum absolute atomic E-state index is 0.159. The molecule has 1 heterocycles. The van der Waals surface area contributed by atoms with Crippen LogP contribution < -0.4 is 0 Å². The predicted octanol–water partition coefficient (Wildman–Crippen LogP) is 2.27. The first-order valence-corrected chi connectivity index (χ1v) is 5.84. The molecule has 0 N–H and O–H groups in total. The minimum atomic E-state index is 0.159. The molecule has 0 spiro atoms. The molecular weight excluding hydrogens is 194 g/mol. The van der Waals surface area contributed by atoms with Gasteiger partial charge in [0, 0.05) is 24.9 Å². The predicted molar refractivity (Wildman–Crippen MR) is 58.2 cm³/mol. The number of fused-ring (bicyclic) bond motifs is 1. The average molecular weight is 207 g/mol. The Morgan fingerprint density at radius 3 is 2.71 bits per heavy atom. The van der Waals surface area contributed by atoms with Crippen LogP contribution in [0.2, 0.25) is 0 Å². The fraction of sp³-hybridized carbons (Fsp3) is 0.364. The van der Waals surface area contributed by atoms with Crippen molar-refractivity contribution in [2.24, 2.45) is 0 Å². The van der Waals surface area contributed by atoms with Crippen molar-refractivity contribution in [3.05, 3.63) is 29.3 Å². The van der Waals surface area contributed by atoms with Gasteiger partial charge in [0.1, 0.15) is 0 Å². The summed E-state index contributed by atoms with van der Waals surface area (Å²) >= 11 is 1.74. The van der Waals surface area contributed by atoms with E-state index in [1.165, 1.54) is 16.0 Å². The molecule has 74 valence electrons. The van der Waals surface area contributed by atoms with Crippen LogP contribution in [-0.2, 0) is 17.9 Å². The zero-order valence-electron chi connectivity index (χ0n) is 8.41. The fourth-order valence-electron chi connectivity index (χ4n) is 1.72. The Morgan fingerprint density at radius 1 is 1.36 bits per heavy atom. The van der Waals surface area contributed by atoms with Crippen LogP contribution in [0, 0.1) is 0 Å². The van der Waals surface area contributed by atoms with Crippen LogP contribution >= 0.6 is 11.8 Å². The molecule has 0 radical (unpaired) electrons. The van der Waals surface area contributed by atoms with E-state index in [-0.39, 0.29) is 5.91 Å². The van der Waals surface area contributed by atoms with Crippen molar-refractivity contribution in [1.29, 1.82) is 0 Å². The Bertz CT molecular complexity index is 376. The van der Waals surface area contributed by atoms with Gasteiger partial charge >= 0.3 is 0 Å². The number of carbonyl (C=O) groups is 1. The van der Waals surface area contributed by atoms with Gasteiger partial charge in [0.05, 0.1) is 0 Å². The van der Waals surface area contributed by atoms with E-state index in [0.717, 1.165) is 13.1 Å². The van der Waals surface area contributed by atoms with Crippen molar-refractivity contribution in [3.8, 4) is 0 Å². The van der Waals surface area contributed by atoms with Crippen LogP contribution in [0.25, 0.3) is 0 Å². The number of hydrogen-bond acceptors (Lipinski definition) is 2. The summed E-state index contributed by atoms with van der Waals surface area (Å²) in [6, 6.07) is 6.43. The van der Waals surface area contributed by atoms with Crippen molar-refractivity contribution in [1.82, 2.24) is 4.90 Å². The molecule has 1 amide bonds. The number of amides is 1. The first kappa shape index (κ1) is 9.59. The molecule has 3 heteroatoms. The summed E-state index contributed by atoms with van der Waals surface area (Å²) in [7, 11) is 0. The van der Waals surface area contributed by atoms with Gasteiger partial charge in [-0.1, -0.05) is 6.07 Å². The molecule has 2 nitrogen and oxygen atoms in total. The molecule has 0 saturated carbocycles. The summed E-state index contributed by atoms with van der Waals surface area (Å²) < 4.78 is 0. The molecule has 1 aliphatic heterocycles. The molecule has 14 heavy (non-hydrogen) atoms. The van der Waals surface area contributed by atoms with Crippen LogP contribution in [0.1, 0.15) is 18.1 Å². The lowest BCUT2D eigenvalue weighted by molar-refractivity contribution is -0.129. The second-order valence-electron chi connectivity index (χ2n) is 3.51. The number of carbonyl (C=O) groups excluding carboxylic acids is 1. The topological polar surface area (TPSA) is 20.3 Å². The van der Waals surface area contributed by atoms with Crippen LogP contribution in [0.15, 0.2) is 23.1 Å². The molecule has 0 bridgehead atoms. The number of thioether (sulfide) groups is 1. The average Bonchev–Trinajstić information content (AvgIpc) is 2.59. The largest absolute Gasteiger partial charge is 0.334 e. The highest BCUT2D eigenvalue weighted by Gasteiger charge is 2.20. The van der Waals surface area contributed by atoms with E-state index < -0.39 is 0 Å². The third-order valence-electron chi connectivity index (χ3n) is 2.58. The Labute approximate surface area is 88.3 Å². The second-order valence-corrected chi connectivity index (χ2v) is 4.39. The lowest BCUT2D eigenvalue weighted by Gasteiger charge is -2.10. The zero-order valence-corrected chi connectivity index (χ0v) is 9.23. The highest BCUT2D eigenvalue weighted by molar-refractivity contribution is 7.98. The van der Waals surface area contributed by atoms with Crippen LogP contribution in [-0.4, -0.2) is 17.1 Å². The molecule has 0 saturated heterocycles. The van der Waals surface area contributed by atoms with Gasteiger partial charge in [-0.25, -0.2) is 0 Å². The number of benzene rings is 1. The number of hydrogen-bond donors (Lipinski definition) is 0. The second kappa shape index (κ2) is 3.65. The monoisotopic (exact) mass is 207 g/mol. The summed E-state index contributed by atoms with van der Waals surface area (Å²) in [6.07, 6.45) is 2.07. The van der Waals surface area contributed by atoms with E-state index in [1.54, 1.807) is 18.7 Å². The van der Waals surface area contributed by atoms with E-state index in [2.05, 4.69) is 24.5 Å². The summed E-state index contributed by atoms with van der Waals surface area (Å²) in [5.41, 5.74) is 2.59. The van der Waals surface area contributed by atoms with Gasteiger partial charge in [0.25, 0.3) is 0 Å². The minimum Gasteiger partial charge on any atom is -0.334 e. The van der Waals surface area contributed by atoms with Crippen molar-refractivity contribution in [2.45, 2.75) is 24.9 Å². The Hall–Kier alpha value is -0.960. The van der Waals surface area contributed by atoms with Crippen molar-refractivity contribution < 1.29 is 4.79 Å². The Morgan fingerprint density at radius 2 is 2.07 bits per heavy atom. The highest BCUT2D eigenvalue weighted by atomic mass is 32.2. The molecule has 0 aromatic heterocycles. The molecule has 0 atom stereocenters. The van der Waals surface area contributed by atoms with E-state index >= 15 is 0 Å². The Kier molecular flexibility index (Phi) is 2.50. The summed E-state index contributed by atoms with van der Waals surface area (Å²) in [5.74, 6) is 0.159. The maximum absolute atomic E-state index is 11.2. The van der Waals surface area contributed by atoms with Gasteiger partial charge in [-0.3, -0.25) is 4.79 Å². The molecule has 0 aliphatic carbocycles. The summed E-state index contributed by atoms with van der Waals surface area (Å²) in [4.78, 5) is 14.3. The smallest absolute Gasteiger partial charge is 0.220 e. The normalized spacial score (nSPS) is 14.3. The van der Waals surface area contributed by atoms with Crippen molar-refractivity contribution >= 4 is 17.7 Å². The van der Waals surface area contributed by atoms with Gasteiger partial charge in [0.15, 0.2) is 0 Å². The first-order valence-electron chi connectivity index (χ1n) is 4.62. The summed E-state index contributed by atoms with van der Waals surface area (Å²) in [6.45, 7) is 3.18. The van der Waals surface area contributed by atoms with Crippen LogP contribution in [0.5, 0.6) is 0 Å². The van der Waals surface area contributed by atoms with E-state index in [1.807, 2.05) is 4.90 Å². The quantitative estimate of drug-likeness (QED) is 0.658. The lowest BCUT2D eigenvalue weighted by Crippen LogP contribution is -2.21. The highest BCUT2D eigenvalue weighted by Crippen LogP contribution is 2.26. The van der Waals surface area contributed by atoms with E-state index in [4.69, 9.17) is 0 Å². The maximum Gasteiger partial charge on any atom is 0.220 e. The van der Waals surface area contributed by atoms with E-state index in [0.29, 0.717) is 0 Å². The van der Waals surface area contributed by atoms with Crippen LogP contribution in [0.4, 0.5) is 0 Å². The SMILES string of the molecule is CSc1ccc2c(c1)CN(C(C)=O)C2. The maximum atomic E-state index is 11.2. The molecule has 1 aromatic carbocycles.